The molecule has 0 aliphatic rings. The largest absolute Gasteiger partial charge is 0.489 e. The number of amides is 1. The zero-order valence-corrected chi connectivity index (χ0v) is 17.0. The quantitative estimate of drug-likeness (QED) is 0.572. The molecule has 0 aliphatic carbocycles. The monoisotopic (exact) mass is 411 g/mol. The van der Waals surface area contributed by atoms with Gasteiger partial charge in [-0.25, -0.2) is 13.9 Å². The van der Waals surface area contributed by atoms with E-state index in [4.69, 9.17) is 14.7 Å². The first kappa shape index (κ1) is 21.2. The molecule has 0 saturated carbocycles. The summed E-state index contributed by atoms with van der Waals surface area (Å²) in [5.74, 6) is -0.384. The van der Waals surface area contributed by atoms with Crippen molar-refractivity contribution >= 4 is 17.2 Å². The lowest BCUT2D eigenvalue weighted by Gasteiger charge is -2.14. The summed E-state index contributed by atoms with van der Waals surface area (Å²) in [6.07, 6.45) is 2.05. The Balaban J connectivity index is 1.72. The van der Waals surface area contributed by atoms with Gasteiger partial charge in [0.1, 0.15) is 29.8 Å². The van der Waals surface area contributed by atoms with Gasteiger partial charge in [-0.2, -0.15) is 10.4 Å². The van der Waals surface area contributed by atoms with Gasteiger partial charge >= 0.3 is 0 Å². The highest BCUT2D eigenvalue weighted by Gasteiger charge is 2.16. The van der Waals surface area contributed by atoms with Gasteiger partial charge in [0.25, 0.3) is 0 Å². The number of nitrogens with one attached hydrogen (secondary N) is 1. The Bertz CT molecular complexity index is 1120. The molecule has 8 nitrogen and oxygen atoms in total. The number of fused-ring (bicyclic) bond motifs is 1. The molecule has 9 heteroatoms. The van der Waals surface area contributed by atoms with E-state index < -0.39 is 5.82 Å². The minimum absolute atomic E-state index is 0.162. The second kappa shape index (κ2) is 9.33. The minimum Gasteiger partial charge on any atom is -0.489 e. The molecular weight excluding hydrogens is 389 g/mol. The van der Waals surface area contributed by atoms with E-state index in [1.807, 2.05) is 13.8 Å². The van der Waals surface area contributed by atoms with Crippen LogP contribution in [0.5, 0.6) is 5.75 Å². The molecule has 3 aromatic rings. The van der Waals surface area contributed by atoms with Crippen LogP contribution in [0.4, 0.5) is 10.1 Å². The van der Waals surface area contributed by atoms with Crippen molar-refractivity contribution in [2.45, 2.75) is 26.7 Å². The van der Waals surface area contributed by atoms with E-state index in [1.165, 1.54) is 24.4 Å². The number of aryl methyl sites for hydroxylation is 2. The number of halogens is 1. The van der Waals surface area contributed by atoms with Gasteiger partial charge in [0.05, 0.1) is 18.5 Å². The van der Waals surface area contributed by atoms with Crippen LogP contribution in [-0.2, 0) is 16.0 Å². The summed E-state index contributed by atoms with van der Waals surface area (Å²) in [6, 6.07) is 6.03. The standard InChI is InChI=1S/C21H22FN5O3/c1-13-17(14(2)27-21(25-13)15(11-23)12-24-27)5-7-20(28)26-18-10-16(22)4-6-19(18)30-9-8-29-3/h4,6,10,12H,5,7-9H2,1-3H3,(H,26,28). The van der Waals surface area contributed by atoms with Gasteiger partial charge in [-0.05, 0) is 38.0 Å². The number of ether oxygens (including phenoxy) is 2. The third-order valence-electron chi connectivity index (χ3n) is 4.69. The number of rotatable bonds is 8. The topological polar surface area (TPSA) is 102 Å². The Hall–Kier alpha value is -3.51. The number of methoxy groups -OCH3 is 1. The molecule has 156 valence electrons. The molecule has 0 fully saturated rings. The highest BCUT2D eigenvalue weighted by Crippen LogP contribution is 2.26. The molecule has 3 rings (SSSR count). The van der Waals surface area contributed by atoms with Crippen LogP contribution in [0, 0.1) is 31.0 Å². The maximum Gasteiger partial charge on any atom is 0.224 e. The lowest BCUT2D eigenvalue weighted by atomic mass is 10.1. The fourth-order valence-corrected chi connectivity index (χ4v) is 3.16. The predicted molar refractivity (Wildman–Crippen MR) is 108 cm³/mol. The highest BCUT2D eigenvalue weighted by atomic mass is 19.1. The Morgan fingerprint density at radius 1 is 1.33 bits per heavy atom. The van der Waals surface area contributed by atoms with Crippen molar-refractivity contribution in [2.24, 2.45) is 0 Å². The summed E-state index contributed by atoms with van der Waals surface area (Å²) in [4.78, 5) is 17.0. The number of carbonyl (C=O) groups is 1. The average molecular weight is 411 g/mol. The molecule has 0 bridgehead atoms. The normalized spacial score (nSPS) is 10.8. The van der Waals surface area contributed by atoms with Gasteiger partial charge in [0, 0.05) is 31.0 Å². The number of hydrogen-bond donors (Lipinski definition) is 1. The second-order valence-electron chi connectivity index (χ2n) is 6.70. The van der Waals surface area contributed by atoms with E-state index in [0.717, 1.165) is 17.0 Å². The molecule has 2 heterocycles. The van der Waals surface area contributed by atoms with E-state index in [9.17, 15) is 9.18 Å². The molecule has 2 aromatic heterocycles. The van der Waals surface area contributed by atoms with Crippen LogP contribution in [0.15, 0.2) is 24.4 Å². The van der Waals surface area contributed by atoms with Crippen molar-refractivity contribution in [3.05, 3.63) is 52.7 Å². The van der Waals surface area contributed by atoms with Gasteiger partial charge in [-0.3, -0.25) is 4.79 Å². The van der Waals surface area contributed by atoms with Gasteiger partial charge < -0.3 is 14.8 Å². The number of nitriles is 1. The van der Waals surface area contributed by atoms with E-state index in [0.29, 0.717) is 30.0 Å². The Labute approximate surface area is 173 Å². The maximum absolute atomic E-state index is 13.6. The summed E-state index contributed by atoms with van der Waals surface area (Å²) >= 11 is 0. The van der Waals surface area contributed by atoms with E-state index in [1.54, 1.807) is 11.6 Å². The number of aromatic nitrogens is 3. The first-order chi connectivity index (χ1) is 14.4. The Morgan fingerprint density at radius 2 is 2.13 bits per heavy atom. The Morgan fingerprint density at radius 3 is 2.87 bits per heavy atom. The fourth-order valence-electron chi connectivity index (χ4n) is 3.16. The molecule has 0 unspecified atom stereocenters. The zero-order valence-electron chi connectivity index (χ0n) is 17.0. The van der Waals surface area contributed by atoms with Crippen LogP contribution in [-0.4, -0.2) is 40.8 Å². The van der Waals surface area contributed by atoms with E-state index in [2.05, 4.69) is 21.5 Å². The highest BCUT2D eigenvalue weighted by molar-refractivity contribution is 5.92. The van der Waals surface area contributed by atoms with Crippen LogP contribution < -0.4 is 10.1 Å². The van der Waals surface area contributed by atoms with Crippen molar-refractivity contribution in [1.29, 1.82) is 5.26 Å². The summed E-state index contributed by atoms with van der Waals surface area (Å²) in [5, 5.41) is 16.1. The first-order valence-corrected chi connectivity index (χ1v) is 9.39. The molecule has 0 atom stereocenters. The predicted octanol–water partition coefficient (Wildman–Crippen LogP) is 2.95. The van der Waals surface area contributed by atoms with E-state index in [-0.39, 0.29) is 24.6 Å². The smallest absolute Gasteiger partial charge is 0.224 e. The van der Waals surface area contributed by atoms with Crippen molar-refractivity contribution < 1.29 is 18.7 Å². The SMILES string of the molecule is COCCOc1ccc(F)cc1NC(=O)CCc1c(C)nc2c(C#N)cnn2c1C. The molecule has 1 N–H and O–H groups in total. The van der Waals surface area contributed by atoms with Gasteiger partial charge in [-0.1, -0.05) is 0 Å². The van der Waals surface area contributed by atoms with E-state index >= 15 is 0 Å². The van der Waals surface area contributed by atoms with Gasteiger partial charge in [0.2, 0.25) is 5.91 Å². The minimum atomic E-state index is -0.474. The van der Waals surface area contributed by atoms with Crippen LogP contribution in [0.1, 0.15) is 28.9 Å². The fraction of sp³-hybridized carbons (Fsp3) is 0.333. The lowest BCUT2D eigenvalue weighted by molar-refractivity contribution is -0.116. The Kier molecular flexibility index (Phi) is 6.59. The number of hydrogen-bond acceptors (Lipinski definition) is 6. The van der Waals surface area contributed by atoms with Crippen LogP contribution in [0.2, 0.25) is 0 Å². The third kappa shape index (κ3) is 4.55. The number of anilines is 1. The summed E-state index contributed by atoms with van der Waals surface area (Å²) in [7, 11) is 1.55. The van der Waals surface area contributed by atoms with Crippen molar-refractivity contribution in [3.8, 4) is 11.8 Å². The van der Waals surface area contributed by atoms with Crippen molar-refractivity contribution in [1.82, 2.24) is 14.6 Å². The molecule has 0 aliphatic heterocycles. The second-order valence-corrected chi connectivity index (χ2v) is 6.70. The average Bonchev–Trinajstić information content (AvgIpc) is 3.12. The van der Waals surface area contributed by atoms with Crippen molar-refractivity contribution in [3.63, 3.8) is 0 Å². The third-order valence-corrected chi connectivity index (χ3v) is 4.69. The van der Waals surface area contributed by atoms with Gasteiger partial charge in [-0.15, -0.1) is 0 Å². The molecule has 0 spiro atoms. The molecule has 0 saturated heterocycles. The van der Waals surface area contributed by atoms with Gasteiger partial charge in [0.15, 0.2) is 5.65 Å². The number of carbonyl (C=O) groups excluding carboxylic acids is 1. The molecule has 1 amide bonds. The molecule has 1 aromatic carbocycles. The van der Waals surface area contributed by atoms with Crippen LogP contribution >= 0.6 is 0 Å². The summed E-state index contributed by atoms with van der Waals surface area (Å²) < 4.78 is 25.7. The van der Waals surface area contributed by atoms with Crippen LogP contribution in [0.25, 0.3) is 5.65 Å². The summed E-state index contributed by atoms with van der Waals surface area (Å²) in [5.41, 5.74) is 3.60. The molecule has 30 heavy (non-hydrogen) atoms. The number of nitrogens with zero attached hydrogens (tertiary/aromatic N) is 4. The molecular formula is C21H22FN5O3. The summed E-state index contributed by atoms with van der Waals surface area (Å²) in [6.45, 7) is 4.36. The maximum atomic E-state index is 13.6. The van der Waals surface area contributed by atoms with Crippen LogP contribution in [0.3, 0.4) is 0 Å². The number of benzene rings is 1. The lowest BCUT2D eigenvalue weighted by Crippen LogP contribution is -2.16. The van der Waals surface area contributed by atoms with Crippen molar-refractivity contribution in [2.75, 3.05) is 25.6 Å². The zero-order chi connectivity index (χ0) is 21.7. The first-order valence-electron chi connectivity index (χ1n) is 9.39. The molecule has 0 radical (unpaired) electrons.